The summed E-state index contributed by atoms with van der Waals surface area (Å²) in [5.41, 5.74) is 5.74. The first kappa shape index (κ1) is 17.3. The van der Waals surface area contributed by atoms with Crippen molar-refractivity contribution < 1.29 is 14.0 Å². The lowest BCUT2D eigenvalue weighted by Crippen LogP contribution is -2.52. The maximum absolute atomic E-state index is 12.0. The molecule has 1 aliphatic rings. The average Bonchev–Trinajstić information content (AvgIpc) is 3.16. The second-order valence-electron chi connectivity index (χ2n) is 5.69. The number of rotatable bonds is 4. The van der Waals surface area contributed by atoms with E-state index in [9.17, 15) is 9.59 Å². The van der Waals surface area contributed by atoms with Crippen molar-refractivity contribution >= 4 is 29.1 Å². The van der Waals surface area contributed by atoms with Gasteiger partial charge in [-0.25, -0.2) is 0 Å². The number of benzene rings is 1. The van der Waals surface area contributed by atoms with Crippen molar-refractivity contribution in [3.63, 3.8) is 0 Å². The van der Waals surface area contributed by atoms with Crippen molar-refractivity contribution in [3.05, 3.63) is 53.4 Å². The Morgan fingerprint density at radius 3 is 2.48 bits per heavy atom. The molecule has 7 nitrogen and oxygen atoms in total. The monoisotopic (exact) mass is 362 g/mol. The molecule has 0 unspecified atom stereocenters. The van der Waals surface area contributed by atoms with Crippen LogP contribution in [0.5, 0.6) is 0 Å². The van der Waals surface area contributed by atoms with Gasteiger partial charge in [0.1, 0.15) is 0 Å². The fourth-order valence-corrected chi connectivity index (χ4v) is 2.95. The van der Waals surface area contributed by atoms with E-state index in [2.05, 4.69) is 15.8 Å². The van der Waals surface area contributed by atoms with Crippen molar-refractivity contribution in [2.75, 3.05) is 37.6 Å². The van der Waals surface area contributed by atoms with E-state index >= 15 is 0 Å². The molecule has 2 N–H and O–H groups in total. The van der Waals surface area contributed by atoms with Crippen molar-refractivity contribution in [1.82, 2.24) is 15.8 Å². The number of hydrazine groups is 1. The van der Waals surface area contributed by atoms with Crippen molar-refractivity contribution in [1.29, 1.82) is 0 Å². The van der Waals surface area contributed by atoms with E-state index in [1.807, 2.05) is 29.2 Å². The highest BCUT2D eigenvalue weighted by molar-refractivity contribution is 6.33. The summed E-state index contributed by atoms with van der Waals surface area (Å²) in [7, 11) is 0. The number of nitrogens with one attached hydrogen (secondary N) is 2. The van der Waals surface area contributed by atoms with Gasteiger partial charge in [-0.2, -0.15) is 0 Å². The molecule has 0 saturated carbocycles. The molecule has 0 radical (unpaired) electrons. The Kier molecular flexibility index (Phi) is 5.57. The summed E-state index contributed by atoms with van der Waals surface area (Å²) in [6.07, 6.45) is 1.40. The van der Waals surface area contributed by atoms with E-state index in [1.165, 1.54) is 12.3 Å². The number of hydrogen-bond donors (Lipinski definition) is 2. The predicted octanol–water partition coefficient (Wildman–Crippen LogP) is 1.52. The summed E-state index contributed by atoms with van der Waals surface area (Å²) in [5, 5.41) is 0.731. The summed E-state index contributed by atoms with van der Waals surface area (Å²) in [6.45, 7) is 3.27. The molecular formula is C17H19ClN4O3. The normalized spacial score (nSPS) is 15.0. The third-order valence-electron chi connectivity index (χ3n) is 3.99. The minimum absolute atomic E-state index is 0.147. The van der Waals surface area contributed by atoms with Gasteiger partial charge in [0.25, 0.3) is 5.91 Å². The number of nitrogens with zero attached hydrogens (tertiary/aromatic N) is 2. The van der Waals surface area contributed by atoms with E-state index in [0.29, 0.717) is 0 Å². The summed E-state index contributed by atoms with van der Waals surface area (Å²) in [4.78, 5) is 27.9. The van der Waals surface area contributed by atoms with Gasteiger partial charge in [-0.15, -0.1) is 0 Å². The lowest BCUT2D eigenvalue weighted by molar-refractivity contribution is -0.123. The lowest BCUT2D eigenvalue weighted by atomic mass is 10.2. The standard InChI is InChI=1S/C17H19ClN4O3/c18-13-4-1-2-5-14(13)22-9-7-21(8-10-22)12-16(23)19-20-17(24)15-6-3-11-25-15/h1-6,11H,7-10,12H2,(H,19,23)(H,20,24). The van der Waals surface area contributed by atoms with E-state index in [1.54, 1.807) is 6.07 Å². The Morgan fingerprint density at radius 2 is 1.80 bits per heavy atom. The molecule has 1 aromatic carbocycles. The highest BCUT2D eigenvalue weighted by Gasteiger charge is 2.20. The van der Waals surface area contributed by atoms with Crippen molar-refractivity contribution in [2.24, 2.45) is 0 Å². The topological polar surface area (TPSA) is 77.8 Å². The molecule has 25 heavy (non-hydrogen) atoms. The van der Waals surface area contributed by atoms with Gasteiger partial charge in [-0.1, -0.05) is 23.7 Å². The summed E-state index contributed by atoms with van der Waals surface area (Å²) in [5.74, 6) is -0.610. The third kappa shape index (κ3) is 4.52. The first-order valence-electron chi connectivity index (χ1n) is 7.98. The summed E-state index contributed by atoms with van der Waals surface area (Å²) >= 11 is 6.22. The second-order valence-corrected chi connectivity index (χ2v) is 6.10. The van der Waals surface area contributed by atoms with E-state index in [0.717, 1.165) is 36.9 Å². The van der Waals surface area contributed by atoms with Gasteiger partial charge in [0, 0.05) is 26.2 Å². The number of halogens is 1. The molecule has 0 atom stereocenters. The molecule has 1 aliphatic heterocycles. The summed E-state index contributed by atoms with van der Waals surface area (Å²) in [6, 6.07) is 10.9. The molecule has 0 spiro atoms. The molecule has 0 bridgehead atoms. The molecule has 2 aromatic rings. The Morgan fingerprint density at radius 1 is 1.04 bits per heavy atom. The van der Waals surface area contributed by atoms with Crippen LogP contribution in [0.3, 0.4) is 0 Å². The first-order chi connectivity index (χ1) is 12.1. The molecule has 132 valence electrons. The highest BCUT2D eigenvalue weighted by atomic mass is 35.5. The van der Waals surface area contributed by atoms with Gasteiger partial charge in [0.05, 0.1) is 23.5 Å². The maximum Gasteiger partial charge on any atom is 0.305 e. The van der Waals surface area contributed by atoms with Gasteiger partial charge in [-0.3, -0.25) is 25.3 Å². The zero-order chi connectivity index (χ0) is 17.6. The van der Waals surface area contributed by atoms with Crippen molar-refractivity contribution in [2.45, 2.75) is 0 Å². The molecule has 0 aliphatic carbocycles. The Bertz CT molecular complexity index is 727. The number of piperazine rings is 1. The highest BCUT2D eigenvalue weighted by Crippen LogP contribution is 2.25. The first-order valence-corrected chi connectivity index (χ1v) is 8.36. The Balaban J connectivity index is 1.42. The van der Waals surface area contributed by atoms with Gasteiger partial charge < -0.3 is 9.32 Å². The maximum atomic E-state index is 12.0. The number of para-hydroxylation sites is 1. The fourth-order valence-electron chi connectivity index (χ4n) is 2.69. The number of anilines is 1. The number of hydrogen-bond acceptors (Lipinski definition) is 5. The van der Waals surface area contributed by atoms with Gasteiger partial charge in [0.2, 0.25) is 0 Å². The Hall–Kier alpha value is -2.51. The van der Waals surface area contributed by atoms with Crippen LogP contribution in [0.15, 0.2) is 47.1 Å². The number of amides is 2. The quantitative estimate of drug-likeness (QED) is 0.806. The lowest BCUT2D eigenvalue weighted by Gasteiger charge is -2.36. The molecule has 1 aromatic heterocycles. The van der Waals surface area contributed by atoms with Crippen LogP contribution in [-0.2, 0) is 4.79 Å². The molecule has 1 saturated heterocycles. The fraction of sp³-hybridized carbons (Fsp3) is 0.294. The van der Waals surface area contributed by atoms with Gasteiger partial charge in [0.15, 0.2) is 5.76 Å². The van der Waals surface area contributed by atoms with Crippen LogP contribution in [0.4, 0.5) is 5.69 Å². The van der Waals surface area contributed by atoms with Crippen LogP contribution in [0.2, 0.25) is 5.02 Å². The molecule has 2 heterocycles. The zero-order valence-corrected chi connectivity index (χ0v) is 14.3. The van der Waals surface area contributed by atoms with E-state index in [4.69, 9.17) is 16.0 Å². The Labute approximate surface area is 150 Å². The smallest absolute Gasteiger partial charge is 0.305 e. The van der Waals surface area contributed by atoms with Gasteiger partial charge >= 0.3 is 5.91 Å². The number of carbonyl (C=O) groups excluding carboxylic acids is 2. The minimum Gasteiger partial charge on any atom is -0.459 e. The number of furan rings is 1. The van der Waals surface area contributed by atoms with Gasteiger partial charge in [-0.05, 0) is 24.3 Å². The van der Waals surface area contributed by atoms with E-state index in [-0.39, 0.29) is 18.2 Å². The van der Waals surface area contributed by atoms with Crippen LogP contribution in [-0.4, -0.2) is 49.4 Å². The van der Waals surface area contributed by atoms with Crippen LogP contribution < -0.4 is 15.8 Å². The largest absolute Gasteiger partial charge is 0.459 e. The SMILES string of the molecule is O=C(CN1CCN(c2ccccc2Cl)CC1)NNC(=O)c1ccco1. The molecule has 3 rings (SSSR count). The number of carbonyl (C=O) groups is 2. The molecular weight excluding hydrogens is 344 g/mol. The van der Waals surface area contributed by atoms with Crippen LogP contribution in [0, 0.1) is 0 Å². The third-order valence-corrected chi connectivity index (χ3v) is 4.31. The molecule has 8 heteroatoms. The second kappa shape index (κ2) is 8.04. The van der Waals surface area contributed by atoms with Crippen LogP contribution in [0.25, 0.3) is 0 Å². The predicted molar refractivity (Wildman–Crippen MR) is 94.4 cm³/mol. The zero-order valence-electron chi connectivity index (χ0n) is 13.6. The molecule has 1 fully saturated rings. The molecule has 2 amide bonds. The van der Waals surface area contributed by atoms with Crippen LogP contribution >= 0.6 is 11.6 Å². The van der Waals surface area contributed by atoms with Crippen LogP contribution in [0.1, 0.15) is 10.6 Å². The average molecular weight is 363 g/mol. The van der Waals surface area contributed by atoms with E-state index < -0.39 is 5.91 Å². The van der Waals surface area contributed by atoms with Crippen molar-refractivity contribution in [3.8, 4) is 0 Å². The minimum atomic E-state index is -0.484. The summed E-state index contributed by atoms with van der Waals surface area (Å²) < 4.78 is 4.95.